The molecular weight excluding hydrogens is 372 g/mol. The zero-order valence-corrected chi connectivity index (χ0v) is 17.8. The van der Waals surface area contributed by atoms with Crippen LogP contribution in [0.4, 0.5) is 0 Å². The maximum Gasteiger partial charge on any atom is 0.191 e. The van der Waals surface area contributed by atoms with Crippen molar-refractivity contribution in [2.45, 2.75) is 58.5 Å². The Kier molecular flexibility index (Phi) is 7.94. The lowest BCUT2D eigenvalue weighted by Crippen LogP contribution is -2.43. The monoisotopic (exact) mass is 402 g/mol. The molecule has 0 amide bonds. The highest BCUT2D eigenvalue weighted by molar-refractivity contribution is 9.10. The molecule has 1 N–H and O–H groups in total. The normalized spacial score (nSPS) is 15.5. The first-order valence-electron chi connectivity index (χ1n) is 8.17. The van der Waals surface area contributed by atoms with E-state index in [-0.39, 0.29) is 11.0 Å². The smallest absolute Gasteiger partial charge is 0.191 e. The largest absolute Gasteiger partial charge is 0.416 e. The number of ether oxygens (including phenoxy) is 1. The Morgan fingerprint density at radius 1 is 1.13 bits per heavy atom. The molecule has 23 heavy (non-hydrogen) atoms. The summed E-state index contributed by atoms with van der Waals surface area (Å²) in [5, 5.41) is 10.4. The zero-order valence-electron chi connectivity index (χ0n) is 15.2. The van der Waals surface area contributed by atoms with Gasteiger partial charge in [-0.05, 0) is 35.8 Å². The minimum atomic E-state index is -1.76. The molecule has 0 aliphatic heterocycles. The molecule has 0 saturated carbocycles. The van der Waals surface area contributed by atoms with Crippen LogP contribution in [0.3, 0.4) is 0 Å². The first kappa shape index (κ1) is 20.8. The van der Waals surface area contributed by atoms with Crippen LogP contribution in [-0.2, 0) is 15.8 Å². The van der Waals surface area contributed by atoms with Crippen molar-refractivity contribution in [1.29, 1.82) is 0 Å². The van der Waals surface area contributed by atoms with Gasteiger partial charge in [-0.25, -0.2) is 0 Å². The van der Waals surface area contributed by atoms with Crippen LogP contribution in [0, 0.1) is 5.92 Å². The molecule has 0 unspecified atom stereocenters. The van der Waals surface area contributed by atoms with E-state index in [1.807, 2.05) is 31.2 Å². The maximum atomic E-state index is 10.2. The third kappa shape index (κ3) is 7.06. The predicted octanol–water partition coefficient (Wildman–Crippen LogP) is 4.98. The minimum absolute atomic E-state index is 0.0639. The second-order valence-electron chi connectivity index (χ2n) is 7.76. The molecule has 0 spiro atoms. The zero-order chi connectivity index (χ0) is 17.7. The molecular formula is C18H31BrO3Si. The Hall–Kier alpha value is -0.203. The van der Waals surface area contributed by atoms with Crippen LogP contribution in [0.15, 0.2) is 28.7 Å². The lowest BCUT2D eigenvalue weighted by molar-refractivity contribution is -0.00953. The standard InChI is InChI=1S/C18H31BrO3Si/c1-14(11-22-23(5,6)18(2,3)4)17(20)13-21-12-15-7-9-16(19)10-8-15/h7-10,14,17,20H,11-13H2,1-6H3/t14-,17-/m1/s1. The number of hydrogen-bond donors (Lipinski definition) is 1. The van der Waals surface area contributed by atoms with Gasteiger partial charge in [-0.2, -0.15) is 0 Å². The highest BCUT2D eigenvalue weighted by Crippen LogP contribution is 2.36. The van der Waals surface area contributed by atoms with Crippen LogP contribution in [0.5, 0.6) is 0 Å². The van der Waals surface area contributed by atoms with Gasteiger partial charge in [0.2, 0.25) is 0 Å². The van der Waals surface area contributed by atoms with Gasteiger partial charge in [0.15, 0.2) is 8.32 Å². The van der Waals surface area contributed by atoms with Gasteiger partial charge < -0.3 is 14.3 Å². The second-order valence-corrected chi connectivity index (χ2v) is 13.5. The summed E-state index contributed by atoms with van der Waals surface area (Å²) in [5.41, 5.74) is 1.10. The van der Waals surface area contributed by atoms with Crippen LogP contribution in [0.1, 0.15) is 33.3 Å². The molecule has 0 aliphatic carbocycles. The van der Waals surface area contributed by atoms with Gasteiger partial charge in [-0.15, -0.1) is 0 Å². The fourth-order valence-corrected chi connectivity index (χ4v) is 3.09. The Balaban J connectivity index is 2.34. The van der Waals surface area contributed by atoms with Gasteiger partial charge in [0.1, 0.15) is 0 Å². The topological polar surface area (TPSA) is 38.7 Å². The molecule has 1 rings (SSSR count). The summed E-state index contributed by atoms with van der Waals surface area (Å²) in [7, 11) is -1.76. The second kappa shape index (κ2) is 8.76. The summed E-state index contributed by atoms with van der Waals surface area (Å²) in [6.45, 7) is 14.6. The molecule has 1 aromatic rings. The van der Waals surface area contributed by atoms with E-state index in [2.05, 4.69) is 49.8 Å². The van der Waals surface area contributed by atoms with Crippen molar-refractivity contribution in [1.82, 2.24) is 0 Å². The highest BCUT2D eigenvalue weighted by atomic mass is 79.9. The van der Waals surface area contributed by atoms with Gasteiger partial charge in [-0.1, -0.05) is 55.8 Å². The number of aliphatic hydroxyl groups is 1. The maximum absolute atomic E-state index is 10.2. The van der Waals surface area contributed by atoms with Crippen molar-refractivity contribution >= 4 is 24.2 Å². The fourth-order valence-electron chi connectivity index (χ4n) is 1.71. The number of rotatable bonds is 8. The van der Waals surface area contributed by atoms with E-state index >= 15 is 0 Å². The van der Waals surface area contributed by atoms with Crippen LogP contribution < -0.4 is 0 Å². The number of halogens is 1. The lowest BCUT2D eigenvalue weighted by atomic mass is 10.1. The Morgan fingerprint density at radius 2 is 1.70 bits per heavy atom. The van der Waals surface area contributed by atoms with E-state index in [0.717, 1.165) is 10.0 Å². The van der Waals surface area contributed by atoms with Crippen LogP contribution in [0.2, 0.25) is 18.1 Å². The molecule has 2 atom stereocenters. The van der Waals surface area contributed by atoms with Crippen molar-refractivity contribution in [2.24, 2.45) is 5.92 Å². The molecule has 0 bridgehead atoms. The van der Waals surface area contributed by atoms with Crippen LogP contribution in [0.25, 0.3) is 0 Å². The quantitative estimate of drug-likeness (QED) is 0.622. The van der Waals surface area contributed by atoms with Gasteiger partial charge in [-0.3, -0.25) is 0 Å². The first-order chi connectivity index (χ1) is 10.5. The third-order valence-electron chi connectivity index (χ3n) is 4.64. The fraction of sp³-hybridized carbons (Fsp3) is 0.667. The molecule has 0 heterocycles. The summed E-state index contributed by atoms with van der Waals surface area (Å²) >= 11 is 3.41. The Labute approximate surface area is 150 Å². The Bertz CT molecular complexity index is 468. The van der Waals surface area contributed by atoms with Gasteiger partial charge >= 0.3 is 0 Å². The molecule has 0 saturated heterocycles. The molecule has 3 nitrogen and oxygen atoms in total. The van der Waals surface area contributed by atoms with Gasteiger partial charge in [0, 0.05) is 17.0 Å². The summed E-state index contributed by atoms with van der Waals surface area (Å²) < 4.78 is 12.9. The molecule has 0 radical (unpaired) electrons. The lowest BCUT2D eigenvalue weighted by Gasteiger charge is -2.37. The molecule has 0 aliphatic rings. The van der Waals surface area contributed by atoms with Crippen LogP contribution in [-0.4, -0.2) is 32.7 Å². The third-order valence-corrected chi connectivity index (χ3v) is 9.67. The van der Waals surface area contributed by atoms with Crippen molar-refractivity contribution in [3.8, 4) is 0 Å². The Morgan fingerprint density at radius 3 is 2.22 bits per heavy atom. The average molecular weight is 403 g/mol. The van der Waals surface area contributed by atoms with Crippen molar-refractivity contribution < 1.29 is 14.3 Å². The number of aliphatic hydroxyl groups excluding tert-OH is 1. The highest BCUT2D eigenvalue weighted by Gasteiger charge is 2.37. The van der Waals surface area contributed by atoms with E-state index in [1.54, 1.807) is 0 Å². The van der Waals surface area contributed by atoms with Crippen LogP contribution >= 0.6 is 15.9 Å². The minimum Gasteiger partial charge on any atom is -0.416 e. The van der Waals surface area contributed by atoms with E-state index in [4.69, 9.17) is 9.16 Å². The molecule has 0 fully saturated rings. The number of benzene rings is 1. The predicted molar refractivity (Wildman–Crippen MR) is 102 cm³/mol. The van der Waals surface area contributed by atoms with Gasteiger partial charge in [0.25, 0.3) is 0 Å². The van der Waals surface area contributed by atoms with E-state index in [0.29, 0.717) is 19.8 Å². The number of hydrogen-bond acceptors (Lipinski definition) is 3. The summed E-state index contributed by atoms with van der Waals surface area (Å²) in [4.78, 5) is 0. The summed E-state index contributed by atoms with van der Waals surface area (Å²) in [6.07, 6.45) is -0.504. The SMILES string of the molecule is C[C@H](CO[Si](C)(C)C(C)(C)C)[C@H](O)COCc1ccc(Br)cc1. The van der Waals surface area contributed by atoms with Crippen molar-refractivity contribution in [3.63, 3.8) is 0 Å². The van der Waals surface area contributed by atoms with Gasteiger partial charge in [0.05, 0.1) is 19.3 Å². The van der Waals surface area contributed by atoms with E-state index in [9.17, 15) is 5.11 Å². The first-order valence-corrected chi connectivity index (χ1v) is 11.9. The molecule has 132 valence electrons. The van der Waals surface area contributed by atoms with Crippen molar-refractivity contribution in [2.75, 3.05) is 13.2 Å². The van der Waals surface area contributed by atoms with Crippen molar-refractivity contribution in [3.05, 3.63) is 34.3 Å². The molecule has 5 heteroatoms. The van der Waals surface area contributed by atoms with E-state index < -0.39 is 14.4 Å². The molecule has 1 aromatic carbocycles. The average Bonchev–Trinajstić information content (AvgIpc) is 2.45. The van der Waals surface area contributed by atoms with E-state index in [1.165, 1.54) is 0 Å². The summed E-state index contributed by atoms with van der Waals surface area (Å²) in [5.74, 6) is 0.0639. The summed E-state index contributed by atoms with van der Waals surface area (Å²) in [6, 6.07) is 8.01. The molecule has 0 aromatic heterocycles.